The zero-order valence-electron chi connectivity index (χ0n) is 20.9. The number of esters is 1. The largest absolute Gasteiger partial charge is 0.466 e. The summed E-state index contributed by atoms with van der Waals surface area (Å²) in [6.45, 7) is 7.47. The number of nitrogens with zero attached hydrogens (tertiary/aromatic N) is 1. The molecular formula is C28H37ClFNO4. The molecule has 0 aliphatic carbocycles. The molecule has 0 saturated carbocycles. The first kappa shape index (κ1) is 27.6. The quantitative estimate of drug-likeness (QED) is 0.390. The highest BCUT2D eigenvalue weighted by Crippen LogP contribution is 2.27. The molecule has 1 aliphatic rings. The topological polar surface area (TPSA) is 59.0 Å². The maximum atomic E-state index is 14.0. The maximum Gasteiger partial charge on any atom is 0.306 e. The van der Waals surface area contributed by atoms with Crippen molar-refractivity contribution in [2.24, 2.45) is 0 Å². The van der Waals surface area contributed by atoms with Crippen molar-refractivity contribution in [3.63, 3.8) is 0 Å². The number of carbonyl (C=O) groups is 1. The summed E-state index contributed by atoms with van der Waals surface area (Å²) < 4.78 is 25.0. The Morgan fingerprint density at radius 2 is 2.09 bits per heavy atom. The van der Waals surface area contributed by atoms with Crippen LogP contribution in [0.5, 0.6) is 0 Å². The molecule has 0 aromatic heterocycles. The number of hydrogen-bond donors (Lipinski definition) is 1. The average molecular weight is 506 g/mol. The Labute approximate surface area is 213 Å². The van der Waals surface area contributed by atoms with Crippen LogP contribution in [0.2, 0.25) is 5.02 Å². The van der Waals surface area contributed by atoms with Crippen molar-refractivity contribution < 1.29 is 23.8 Å². The molecule has 192 valence electrons. The number of aliphatic hydroxyl groups is 1. The van der Waals surface area contributed by atoms with Crippen LogP contribution >= 0.6 is 11.6 Å². The van der Waals surface area contributed by atoms with Crippen LogP contribution in [-0.4, -0.2) is 54.4 Å². The lowest BCUT2D eigenvalue weighted by Crippen LogP contribution is -2.39. The van der Waals surface area contributed by atoms with E-state index in [0.29, 0.717) is 36.6 Å². The summed E-state index contributed by atoms with van der Waals surface area (Å²) in [6, 6.07) is 11.3. The van der Waals surface area contributed by atoms with E-state index in [-0.39, 0.29) is 30.5 Å². The molecule has 7 heteroatoms. The summed E-state index contributed by atoms with van der Waals surface area (Å²) in [7, 11) is 0. The molecule has 1 N–H and O–H groups in total. The van der Waals surface area contributed by atoms with E-state index in [1.807, 2.05) is 31.2 Å². The minimum absolute atomic E-state index is 0.169. The predicted octanol–water partition coefficient (Wildman–Crippen LogP) is 5.43. The lowest BCUT2D eigenvalue weighted by Gasteiger charge is -2.28. The van der Waals surface area contributed by atoms with Gasteiger partial charge in [-0.2, -0.15) is 0 Å². The maximum absolute atomic E-state index is 14.0. The molecule has 1 aliphatic heterocycles. The number of β-amino-alcohol motifs (C(OH)–C–C–N with tert-alkyl or cyclic N) is 1. The summed E-state index contributed by atoms with van der Waals surface area (Å²) in [6.07, 6.45) is 2.77. The van der Waals surface area contributed by atoms with Crippen molar-refractivity contribution in [1.82, 2.24) is 4.90 Å². The molecule has 0 bridgehead atoms. The fourth-order valence-electron chi connectivity index (χ4n) is 4.71. The Balaban J connectivity index is 1.53. The van der Waals surface area contributed by atoms with Gasteiger partial charge in [0, 0.05) is 24.0 Å². The van der Waals surface area contributed by atoms with Crippen LogP contribution in [-0.2, 0) is 27.1 Å². The van der Waals surface area contributed by atoms with E-state index in [2.05, 4.69) is 4.90 Å². The molecule has 0 amide bonds. The van der Waals surface area contributed by atoms with E-state index < -0.39 is 6.10 Å². The monoisotopic (exact) mass is 505 g/mol. The van der Waals surface area contributed by atoms with E-state index >= 15 is 0 Å². The third kappa shape index (κ3) is 8.28. The zero-order valence-corrected chi connectivity index (χ0v) is 21.7. The third-order valence-electron chi connectivity index (χ3n) is 6.64. The summed E-state index contributed by atoms with van der Waals surface area (Å²) in [5.41, 5.74) is 3.53. The van der Waals surface area contributed by atoms with Crippen molar-refractivity contribution in [3.05, 3.63) is 69.5 Å². The molecule has 2 aromatic carbocycles. The van der Waals surface area contributed by atoms with Gasteiger partial charge < -0.3 is 14.6 Å². The van der Waals surface area contributed by atoms with Gasteiger partial charge in [0.15, 0.2) is 0 Å². The summed E-state index contributed by atoms with van der Waals surface area (Å²) >= 11 is 6.22. The molecule has 0 spiro atoms. The normalized spacial score (nSPS) is 17.9. The Morgan fingerprint density at radius 1 is 1.29 bits per heavy atom. The first-order valence-corrected chi connectivity index (χ1v) is 12.9. The van der Waals surface area contributed by atoms with Gasteiger partial charge in [0.05, 0.1) is 25.4 Å². The van der Waals surface area contributed by atoms with E-state index in [4.69, 9.17) is 21.1 Å². The minimum atomic E-state index is -0.644. The van der Waals surface area contributed by atoms with Gasteiger partial charge in [-0.15, -0.1) is 0 Å². The molecule has 1 heterocycles. The molecule has 1 saturated heterocycles. The number of aryl methyl sites for hydroxylation is 2. The van der Waals surface area contributed by atoms with Gasteiger partial charge in [-0.25, -0.2) is 4.39 Å². The molecule has 0 unspecified atom stereocenters. The summed E-state index contributed by atoms with van der Waals surface area (Å²) in [5, 5.41) is 11.3. The van der Waals surface area contributed by atoms with E-state index in [9.17, 15) is 14.3 Å². The number of likely N-dealkylation sites (tertiary alicyclic amines) is 1. The van der Waals surface area contributed by atoms with E-state index in [0.717, 1.165) is 42.5 Å². The molecule has 3 atom stereocenters. The lowest BCUT2D eigenvalue weighted by atomic mass is 9.99. The highest BCUT2D eigenvalue weighted by atomic mass is 35.5. The fraction of sp³-hybridized carbons (Fsp3) is 0.536. The number of benzene rings is 2. The van der Waals surface area contributed by atoms with Gasteiger partial charge in [-0.1, -0.05) is 29.8 Å². The Kier molecular flexibility index (Phi) is 10.5. The number of hydrogen-bond acceptors (Lipinski definition) is 5. The van der Waals surface area contributed by atoms with Crippen LogP contribution in [0.4, 0.5) is 4.39 Å². The standard InChI is InChI=1S/C28H37ClFNO4/c1-4-34-28(33)12-10-22-9-11-23(29)16-26(22)20(3)35-18-25(32)17-31-13-5-6-24(31)14-21-8-7-19(2)27(30)15-21/h7-9,11,15-16,20,24-25,32H,4-6,10,12-14,17-18H2,1-3H3/t20-,24+,25-/m1/s1. The van der Waals surface area contributed by atoms with E-state index in [1.54, 1.807) is 26.0 Å². The Bertz CT molecular complexity index is 985. The van der Waals surface area contributed by atoms with Crippen molar-refractivity contribution in [2.45, 2.75) is 71.1 Å². The van der Waals surface area contributed by atoms with Crippen molar-refractivity contribution in [3.8, 4) is 0 Å². The summed E-state index contributed by atoms with van der Waals surface area (Å²) in [5.74, 6) is -0.400. The van der Waals surface area contributed by atoms with Gasteiger partial charge in [-0.3, -0.25) is 9.69 Å². The molecule has 2 aromatic rings. The molecular weight excluding hydrogens is 469 g/mol. The molecule has 5 nitrogen and oxygen atoms in total. The number of ether oxygens (including phenoxy) is 2. The van der Waals surface area contributed by atoms with Crippen LogP contribution in [0.1, 0.15) is 61.5 Å². The van der Waals surface area contributed by atoms with Gasteiger partial charge in [-0.05, 0) is 93.5 Å². The van der Waals surface area contributed by atoms with Crippen LogP contribution in [0.15, 0.2) is 36.4 Å². The number of rotatable bonds is 12. The van der Waals surface area contributed by atoms with Crippen molar-refractivity contribution >= 4 is 17.6 Å². The molecule has 35 heavy (non-hydrogen) atoms. The minimum Gasteiger partial charge on any atom is -0.466 e. The smallest absolute Gasteiger partial charge is 0.306 e. The Hall–Kier alpha value is -1.99. The average Bonchev–Trinajstić information content (AvgIpc) is 3.25. The van der Waals surface area contributed by atoms with Crippen molar-refractivity contribution in [1.29, 1.82) is 0 Å². The summed E-state index contributed by atoms with van der Waals surface area (Å²) in [4.78, 5) is 14.1. The SMILES string of the molecule is CCOC(=O)CCc1ccc(Cl)cc1[C@@H](C)OC[C@H](O)CN1CCC[C@H]1Cc1ccc(C)c(F)c1. The van der Waals surface area contributed by atoms with Crippen LogP contribution in [0.25, 0.3) is 0 Å². The second kappa shape index (κ2) is 13.4. The first-order chi connectivity index (χ1) is 16.8. The van der Waals surface area contributed by atoms with Crippen LogP contribution in [0, 0.1) is 12.7 Å². The zero-order chi connectivity index (χ0) is 25.4. The fourth-order valence-corrected chi connectivity index (χ4v) is 4.89. The molecule has 3 rings (SSSR count). The Morgan fingerprint density at radius 3 is 2.83 bits per heavy atom. The van der Waals surface area contributed by atoms with Gasteiger partial charge >= 0.3 is 5.97 Å². The highest BCUT2D eigenvalue weighted by Gasteiger charge is 2.27. The van der Waals surface area contributed by atoms with Crippen molar-refractivity contribution in [2.75, 3.05) is 26.3 Å². The lowest BCUT2D eigenvalue weighted by molar-refractivity contribution is -0.143. The molecule has 0 radical (unpaired) electrons. The van der Waals surface area contributed by atoms with E-state index in [1.165, 1.54) is 0 Å². The van der Waals surface area contributed by atoms with Crippen LogP contribution in [0.3, 0.4) is 0 Å². The van der Waals surface area contributed by atoms with Gasteiger partial charge in [0.1, 0.15) is 5.82 Å². The molecule has 1 fully saturated rings. The number of halogens is 2. The first-order valence-electron chi connectivity index (χ1n) is 12.5. The van der Waals surface area contributed by atoms with Gasteiger partial charge in [0.2, 0.25) is 0 Å². The highest BCUT2D eigenvalue weighted by molar-refractivity contribution is 6.30. The predicted molar refractivity (Wildman–Crippen MR) is 136 cm³/mol. The van der Waals surface area contributed by atoms with Gasteiger partial charge in [0.25, 0.3) is 0 Å². The second-order valence-electron chi connectivity index (χ2n) is 9.36. The van der Waals surface area contributed by atoms with Crippen LogP contribution < -0.4 is 0 Å². The number of aliphatic hydroxyl groups excluding tert-OH is 1. The second-order valence-corrected chi connectivity index (χ2v) is 9.79. The number of carbonyl (C=O) groups excluding carboxylic acids is 1. The third-order valence-corrected chi connectivity index (χ3v) is 6.88.